The van der Waals surface area contributed by atoms with E-state index in [1.807, 2.05) is 30.3 Å². The Bertz CT molecular complexity index is 1920. The van der Waals surface area contributed by atoms with Crippen molar-refractivity contribution >= 4 is 56.6 Å². The van der Waals surface area contributed by atoms with Crippen LogP contribution in [0.15, 0.2) is 65.8 Å². The van der Waals surface area contributed by atoms with Gasteiger partial charge >= 0.3 is 11.3 Å². The molecule has 0 fully saturated rings. The lowest BCUT2D eigenvalue weighted by Crippen LogP contribution is -2.36. The number of nitrogens with zero attached hydrogens (tertiary/aromatic N) is 6. The predicted molar refractivity (Wildman–Crippen MR) is 201 cm³/mol. The third-order valence-electron chi connectivity index (χ3n) is 6.90. The summed E-state index contributed by atoms with van der Waals surface area (Å²) in [6, 6.07) is 13.9. The number of rotatable bonds is 15. The maximum atomic E-state index is 12.5. The number of hydrogen-bond acceptors (Lipinski definition) is 14. The number of hydrogen-bond donors (Lipinski definition) is 2. The Kier molecular flexibility index (Phi) is 17.1. The van der Waals surface area contributed by atoms with Gasteiger partial charge in [0.2, 0.25) is 17.7 Å². The summed E-state index contributed by atoms with van der Waals surface area (Å²) in [7, 11) is 1.15. The zero-order valence-corrected chi connectivity index (χ0v) is 32.3. The molecule has 4 aromatic rings. The maximum Gasteiger partial charge on any atom is 0.372 e. The number of halogens is 1. The third kappa shape index (κ3) is 13.8. The minimum Gasteiger partial charge on any atom is -0.481 e. The summed E-state index contributed by atoms with van der Waals surface area (Å²) < 4.78 is 42.2. The van der Waals surface area contributed by atoms with Crippen LogP contribution in [0.4, 0.5) is 15.5 Å². The Hall–Kier alpha value is -5.07. The van der Waals surface area contributed by atoms with Crippen LogP contribution in [0.25, 0.3) is 11.3 Å². The van der Waals surface area contributed by atoms with Crippen molar-refractivity contribution in [2.45, 2.75) is 50.5 Å². The molecule has 0 spiro atoms. The highest BCUT2D eigenvalue weighted by atomic mass is 35.5. The molecule has 0 saturated heterocycles. The molecule has 1 aromatic carbocycles. The average Bonchev–Trinajstić information content (AvgIpc) is 3.14. The number of anilines is 1. The Morgan fingerprint density at radius 2 is 1.55 bits per heavy atom. The summed E-state index contributed by atoms with van der Waals surface area (Å²) in [5.74, 6) is 0.441. The standard InChI is InChI=1S/C19H23ClN2O2S.C15H18N6O6S/c1-2-3-4-5-6-10-13-25-19(23)24-16-14-17(20)21-22-18(16)15-11-8-7-9-12-15;1-21(2)13(22)9-6-5-7-16-12(9)28(24,25)20-15(23)19-14-17-10(26-3)8-11(18-14)27-4/h7-9,11-12,14H,2-6,10,13H2,1H3;5-8H,1-4H3,(H2,17,18,19,20,23). The van der Waals surface area contributed by atoms with Crippen LogP contribution < -0.4 is 24.2 Å². The molecule has 3 aromatic heterocycles. The number of ether oxygens (including phenoxy) is 3. The van der Waals surface area contributed by atoms with Gasteiger partial charge in [0.25, 0.3) is 15.9 Å². The molecule has 0 aliphatic rings. The van der Waals surface area contributed by atoms with Gasteiger partial charge in [0.1, 0.15) is 5.69 Å². The van der Waals surface area contributed by atoms with Gasteiger partial charge in [0, 0.05) is 37.7 Å². The van der Waals surface area contributed by atoms with E-state index in [-0.39, 0.29) is 33.7 Å². The fourth-order valence-electron chi connectivity index (χ4n) is 4.36. The van der Waals surface area contributed by atoms with Crippen LogP contribution in [0.3, 0.4) is 0 Å². The molecule has 2 N–H and O–H groups in total. The van der Waals surface area contributed by atoms with Crippen molar-refractivity contribution in [2.75, 3.05) is 39.4 Å². The van der Waals surface area contributed by atoms with Gasteiger partial charge in [-0.05, 0) is 30.3 Å². The third-order valence-corrected chi connectivity index (χ3v) is 9.18. The number of sulfonamides is 1. The first-order chi connectivity index (χ1) is 25.4. The predicted octanol–water partition coefficient (Wildman–Crippen LogP) is 6.49. The van der Waals surface area contributed by atoms with Gasteiger partial charge in [0.05, 0.1) is 25.8 Å². The smallest absolute Gasteiger partial charge is 0.372 e. The summed E-state index contributed by atoms with van der Waals surface area (Å²) >= 11 is 7.10. The summed E-state index contributed by atoms with van der Waals surface area (Å²) in [4.78, 5) is 49.0. The molecule has 16 nitrogen and oxygen atoms in total. The molecule has 0 aliphatic heterocycles. The number of benzene rings is 1. The van der Waals surface area contributed by atoms with Crippen molar-refractivity contribution in [1.29, 1.82) is 0 Å². The van der Waals surface area contributed by atoms with E-state index in [9.17, 15) is 22.8 Å². The van der Waals surface area contributed by atoms with Crippen LogP contribution in [-0.2, 0) is 10.0 Å². The average molecular weight is 789 g/mol. The largest absolute Gasteiger partial charge is 0.481 e. The lowest BCUT2D eigenvalue weighted by molar-refractivity contribution is 0.0823. The van der Waals surface area contributed by atoms with Crippen LogP contribution in [-0.4, -0.2) is 89.8 Å². The quantitative estimate of drug-likeness (QED) is 0.0976. The number of carbonyl (C=O) groups is 3. The number of urea groups is 1. The first-order valence-corrected chi connectivity index (χ1v) is 19.1. The van der Waals surface area contributed by atoms with Crippen LogP contribution in [0, 0.1) is 0 Å². The molecular formula is C34H41ClN8O8S2. The van der Waals surface area contributed by atoms with E-state index in [1.165, 1.54) is 101 Å². The Morgan fingerprint density at radius 3 is 2.19 bits per heavy atom. The summed E-state index contributed by atoms with van der Waals surface area (Å²) in [5.41, 5.74) is 1.15. The number of unbranched alkanes of at least 4 members (excludes halogenated alkanes) is 5. The molecule has 284 valence electrons. The Morgan fingerprint density at radius 1 is 0.887 bits per heavy atom. The van der Waals surface area contributed by atoms with Crippen molar-refractivity contribution in [1.82, 2.24) is 34.8 Å². The van der Waals surface area contributed by atoms with Crippen LogP contribution in [0.1, 0.15) is 55.8 Å². The highest BCUT2D eigenvalue weighted by Gasteiger charge is 2.27. The van der Waals surface area contributed by atoms with Gasteiger partial charge in [-0.2, -0.15) is 18.4 Å². The monoisotopic (exact) mass is 788 g/mol. The molecule has 0 radical (unpaired) electrons. The molecular weight excluding hydrogens is 748 g/mol. The number of methoxy groups -OCH3 is 2. The van der Waals surface area contributed by atoms with Crippen molar-refractivity contribution in [3.8, 4) is 28.8 Å². The molecule has 19 heteroatoms. The summed E-state index contributed by atoms with van der Waals surface area (Å²) in [6.07, 6.45) is 8.39. The number of nitrogens with one attached hydrogen (secondary N) is 2. The second-order valence-corrected chi connectivity index (χ2v) is 14.1. The van der Waals surface area contributed by atoms with Gasteiger partial charge in [-0.1, -0.05) is 81.0 Å². The molecule has 0 bridgehead atoms. The molecule has 4 rings (SSSR count). The molecule has 3 heterocycles. The Balaban J connectivity index is 0.000000287. The second-order valence-electron chi connectivity index (χ2n) is 11.1. The zero-order valence-electron chi connectivity index (χ0n) is 29.9. The maximum absolute atomic E-state index is 12.5. The molecule has 0 atom stereocenters. The second kappa shape index (κ2) is 21.5. The van der Waals surface area contributed by atoms with E-state index in [4.69, 9.17) is 25.8 Å². The number of pyridine rings is 1. The van der Waals surface area contributed by atoms with Crippen molar-refractivity contribution in [3.05, 3.63) is 71.5 Å². The van der Waals surface area contributed by atoms with Crippen molar-refractivity contribution in [3.63, 3.8) is 0 Å². The number of aromatic nitrogens is 5. The van der Waals surface area contributed by atoms with Gasteiger partial charge in [-0.3, -0.25) is 10.1 Å². The highest BCUT2D eigenvalue weighted by Crippen LogP contribution is 2.30. The van der Waals surface area contributed by atoms with Gasteiger partial charge < -0.3 is 19.1 Å². The van der Waals surface area contributed by atoms with E-state index < -0.39 is 27.0 Å². The number of thioether (sulfide) groups is 1. The van der Waals surface area contributed by atoms with E-state index in [0.29, 0.717) is 11.4 Å². The minimum atomic E-state index is -4.46. The lowest BCUT2D eigenvalue weighted by Gasteiger charge is -2.14. The topological polar surface area (TPSA) is 205 Å². The van der Waals surface area contributed by atoms with Crippen LogP contribution >= 0.6 is 23.4 Å². The lowest BCUT2D eigenvalue weighted by atomic mass is 10.1. The molecule has 0 aliphatic carbocycles. The normalized spacial score (nSPS) is 10.7. The fourth-order valence-corrected chi connectivity index (χ4v) is 6.20. The van der Waals surface area contributed by atoms with Crippen LogP contribution in [0.2, 0.25) is 5.15 Å². The molecule has 0 saturated carbocycles. The van der Waals surface area contributed by atoms with E-state index in [2.05, 4.69) is 37.4 Å². The Labute approximate surface area is 317 Å². The van der Waals surface area contributed by atoms with E-state index in [1.54, 1.807) is 4.72 Å². The van der Waals surface area contributed by atoms with Gasteiger partial charge in [0.15, 0.2) is 15.9 Å². The minimum absolute atomic E-state index is 0.0913. The first kappa shape index (κ1) is 42.3. The van der Waals surface area contributed by atoms with E-state index >= 15 is 0 Å². The first-order valence-electron chi connectivity index (χ1n) is 16.3. The molecule has 0 unspecified atom stereocenters. The molecule has 3 amide bonds. The van der Waals surface area contributed by atoms with Crippen LogP contribution in [0.5, 0.6) is 17.5 Å². The van der Waals surface area contributed by atoms with Crippen molar-refractivity contribution in [2.24, 2.45) is 0 Å². The van der Waals surface area contributed by atoms with Crippen molar-refractivity contribution < 1.29 is 37.0 Å². The highest BCUT2D eigenvalue weighted by molar-refractivity contribution is 8.13. The van der Waals surface area contributed by atoms with Gasteiger partial charge in [-0.15, -0.1) is 10.2 Å². The molecule has 53 heavy (non-hydrogen) atoms. The zero-order chi connectivity index (χ0) is 38.8. The van der Waals surface area contributed by atoms with Gasteiger partial charge in [-0.25, -0.2) is 19.3 Å². The number of carbonyl (C=O) groups excluding carboxylic acids is 3. The summed E-state index contributed by atoms with van der Waals surface area (Å²) in [5, 5.41) is 9.35. The fraction of sp³-hybridized carbons (Fsp3) is 0.353. The summed E-state index contributed by atoms with van der Waals surface area (Å²) in [6.45, 7) is 2.20. The number of amides is 3. The van der Waals surface area contributed by atoms with E-state index in [0.717, 1.165) is 24.2 Å². The SMILES string of the molecule is CCCCCCCCSC(=O)Oc1cc(Cl)nnc1-c1ccccc1.COc1cc(OC)nc(NC(=O)NS(=O)(=O)c2ncccc2C(=O)N(C)C)n1.